The van der Waals surface area contributed by atoms with E-state index in [0.29, 0.717) is 5.82 Å². The smallest absolute Gasteiger partial charge is 0.141 e. The summed E-state index contributed by atoms with van der Waals surface area (Å²) in [6.45, 7) is 5.56. The van der Waals surface area contributed by atoms with Gasteiger partial charge >= 0.3 is 0 Å². The van der Waals surface area contributed by atoms with Crippen LogP contribution in [0.15, 0.2) is 12.4 Å². The first-order chi connectivity index (χ1) is 7.78. The maximum atomic E-state index is 5.52. The van der Waals surface area contributed by atoms with Gasteiger partial charge < -0.3 is 5.73 Å². The summed E-state index contributed by atoms with van der Waals surface area (Å²) in [5, 5.41) is 0. The minimum Gasteiger partial charge on any atom is -0.382 e. The third-order valence-corrected chi connectivity index (χ3v) is 3.29. The van der Waals surface area contributed by atoms with E-state index in [4.69, 9.17) is 5.73 Å². The Morgan fingerprint density at radius 1 is 1.44 bits per heavy atom. The van der Waals surface area contributed by atoms with Crippen molar-refractivity contribution >= 4 is 5.82 Å². The SMILES string of the molecule is CCC1CCCN(Cc2cnc(N)cn2)C1. The third-order valence-electron chi connectivity index (χ3n) is 3.29. The molecule has 0 saturated carbocycles. The standard InChI is InChI=1S/C12H20N4/c1-2-10-4-3-5-16(8-10)9-11-6-15-12(13)7-14-11/h6-7,10H,2-5,8-9H2,1H3,(H2,13,15). The summed E-state index contributed by atoms with van der Waals surface area (Å²) in [6.07, 6.45) is 7.38. The molecule has 1 aromatic rings. The van der Waals surface area contributed by atoms with Gasteiger partial charge in [-0.3, -0.25) is 9.88 Å². The Bertz CT molecular complexity index is 322. The number of hydrogen-bond acceptors (Lipinski definition) is 4. The molecule has 0 aromatic carbocycles. The first-order valence-electron chi connectivity index (χ1n) is 6.06. The summed E-state index contributed by atoms with van der Waals surface area (Å²) in [5.41, 5.74) is 6.54. The van der Waals surface area contributed by atoms with Crippen LogP contribution < -0.4 is 5.73 Å². The molecule has 1 aliphatic heterocycles. The number of anilines is 1. The molecular formula is C12H20N4. The predicted octanol–water partition coefficient (Wildman–Crippen LogP) is 1.68. The van der Waals surface area contributed by atoms with Gasteiger partial charge in [-0.2, -0.15) is 0 Å². The molecule has 1 fully saturated rings. The number of piperidine rings is 1. The molecule has 0 aliphatic carbocycles. The van der Waals surface area contributed by atoms with Crippen molar-refractivity contribution in [3.8, 4) is 0 Å². The lowest BCUT2D eigenvalue weighted by molar-refractivity contribution is 0.163. The van der Waals surface area contributed by atoms with Crippen LogP contribution in [0.25, 0.3) is 0 Å². The summed E-state index contributed by atoms with van der Waals surface area (Å²) in [5.74, 6) is 1.35. The van der Waals surface area contributed by atoms with Crippen LogP contribution in [0.3, 0.4) is 0 Å². The highest BCUT2D eigenvalue weighted by molar-refractivity contribution is 5.22. The van der Waals surface area contributed by atoms with Crippen molar-refractivity contribution in [2.24, 2.45) is 5.92 Å². The highest BCUT2D eigenvalue weighted by Crippen LogP contribution is 2.20. The Morgan fingerprint density at radius 2 is 2.31 bits per heavy atom. The normalized spacial score (nSPS) is 22.2. The molecule has 88 valence electrons. The number of nitrogen functional groups attached to an aromatic ring is 1. The molecule has 2 N–H and O–H groups in total. The molecule has 1 saturated heterocycles. The fourth-order valence-corrected chi connectivity index (χ4v) is 2.30. The second-order valence-corrected chi connectivity index (χ2v) is 4.58. The van der Waals surface area contributed by atoms with Crippen LogP contribution in [0.4, 0.5) is 5.82 Å². The fourth-order valence-electron chi connectivity index (χ4n) is 2.30. The lowest BCUT2D eigenvalue weighted by atomic mass is 9.95. The van der Waals surface area contributed by atoms with Gasteiger partial charge in [-0.25, -0.2) is 4.98 Å². The van der Waals surface area contributed by atoms with Crippen molar-refractivity contribution in [1.82, 2.24) is 14.9 Å². The van der Waals surface area contributed by atoms with E-state index in [2.05, 4.69) is 21.8 Å². The lowest BCUT2D eigenvalue weighted by Crippen LogP contribution is -2.34. The van der Waals surface area contributed by atoms with Gasteiger partial charge in [0.15, 0.2) is 0 Å². The first-order valence-corrected chi connectivity index (χ1v) is 6.06. The molecule has 0 radical (unpaired) electrons. The minimum absolute atomic E-state index is 0.494. The average Bonchev–Trinajstić information content (AvgIpc) is 2.32. The Kier molecular flexibility index (Phi) is 3.72. The second kappa shape index (κ2) is 5.25. The molecule has 0 spiro atoms. The summed E-state index contributed by atoms with van der Waals surface area (Å²) in [4.78, 5) is 10.8. The van der Waals surface area contributed by atoms with Gasteiger partial charge in [0.05, 0.1) is 18.1 Å². The molecule has 1 atom stereocenters. The second-order valence-electron chi connectivity index (χ2n) is 4.58. The number of rotatable bonds is 3. The van der Waals surface area contributed by atoms with Gasteiger partial charge in [0, 0.05) is 13.1 Å². The summed E-state index contributed by atoms with van der Waals surface area (Å²) >= 11 is 0. The molecule has 2 rings (SSSR count). The molecule has 2 heterocycles. The van der Waals surface area contributed by atoms with E-state index in [-0.39, 0.29) is 0 Å². The molecule has 1 aliphatic rings. The zero-order chi connectivity index (χ0) is 11.4. The Labute approximate surface area is 96.9 Å². The summed E-state index contributed by atoms with van der Waals surface area (Å²) < 4.78 is 0. The monoisotopic (exact) mass is 220 g/mol. The molecule has 4 nitrogen and oxygen atoms in total. The van der Waals surface area contributed by atoms with Crippen molar-refractivity contribution in [3.05, 3.63) is 18.1 Å². The van der Waals surface area contributed by atoms with Gasteiger partial charge in [0.1, 0.15) is 5.82 Å². The van der Waals surface area contributed by atoms with Crippen LogP contribution in [-0.4, -0.2) is 28.0 Å². The molecule has 0 bridgehead atoms. The van der Waals surface area contributed by atoms with Crippen LogP contribution in [0, 0.1) is 5.92 Å². The van der Waals surface area contributed by atoms with Gasteiger partial charge in [0.25, 0.3) is 0 Å². The zero-order valence-electron chi connectivity index (χ0n) is 9.89. The molecule has 1 unspecified atom stereocenters. The quantitative estimate of drug-likeness (QED) is 0.842. The van der Waals surface area contributed by atoms with Gasteiger partial charge in [-0.1, -0.05) is 13.3 Å². The maximum Gasteiger partial charge on any atom is 0.141 e. The predicted molar refractivity (Wildman–Crippen MR) is 64.7 cm³/mol. The van der Waals surface area contributed by atoms with E-state index < -0.39 is 0 Å². The maximum absolute atomic E-state index is 5.52. The highest BCUT2D eigenvalue weighted by atomic mass is 15.1. The van der Waals surface area contributed by atoms with E-state index in [9.17, 15) is 0 Å². The van der Waals surface area contributed by atoms with E-state index >= 15 is 0 Å². The van der Waals surface area contributed by atoms with Crippen molar-refractivity contribution in [3.63, 3.8) is 0 Å². The van der Waals surface area contributed by atoms with Crippen LogP contribution in [0.5, 0.6) is 0 Å². The molecule has 16 heavy (non-hydrogen) atoms. The summed E-state index contributed by atoms with van der Waals surface area (Å²) in [7, 11) is 0. The third kappa shape index (κ3) is 2.92. The molecule has 1 aromatic heterocycles. The van der Waals surface area contributed by atoms with Crippen LogP contribution in [0.2, 0.25) is 0 Å². The molecule has 4 heteroatoms. The number of likely N-dealkylation sites (tertiary alicyclic amines) is 1. The Morgan fingerprint density at radius 3 is 3.00 bits per heavy atom. The number of nitrogens with zero attached hydrogens (tertiary/aromatic N) is 3. The Hall–Kier alpha value is -1.16. The minimum atomic E-state index is 0.494. The average molecular weight is 220 g/mol. The topological polar surface area (TPSA) is 55.0 Å². The molecular weight excluding hydrogens is 200 g/mol. The Balaban J connectivity index is 1.91. The van der Waals surface area contributed by atoms with Gasteiger partial charge in [0.2, 0.25) is 0 Å². The van der Waals surface area contributed by atoms with Gasteiger partial charge in [-0.05, 0) is 25.3 Å². The van der Waals surface area contributed by atoms with E-state index in [1.165, 1.54) is 32.4 Å². The van der Waals surface area contributed by atoms with Crippen molar-refractivity contribution in [2.45, 2.75) is 32.7 Å². The van der Waals surface area contributed by atoms with E-state index in [1.807, 2.05) is 0 Å². The van der Waals surface area contributed by atoms with Crippen LogP contribution >= 0.6 is 0 Å². The fraction of sp³-hybridized carbons (Fsp3) is 0.667. The number of hydrogen-bond donors (Lipinski definition) is 1. The van der Waals surface area contributed by atoms with Crippen LogP contribution in [0.1, 0.15) is 31.9 Å². The largest absolute Gasteiger partial charge is 0.382 e. The summed E-state index contributed by atoms with van der Waals surface area (Å²) in [6, 6.07) is 0. The van der Waals surface area contributed by atoms with Crippen LogP contribution in [-0.2, 0) is 6.54 Å². The van der Waals surface area contributed by atoms with E-state index in [0.717, 1.165) is 18.2 Å². The van der Waals surface area contributed by atoms with Gasteiger partial charge in [-0.15, -0.1) is 0 Å². The number of nitrogens with two attached hydrogens (primary N) is 1. The van der Waals surface area contributed by atoms with Crippen molar-refractivity contribution in [1.29, 1.82) is 0 Å². The number of aromatic nitrogens is 2. The first kappa shape index (κ1) is 11.3. The highest BCUT2D eigenvalue weighted by Gasteiger charge is 2.18. The zero-order valence-corrected chi connectivity index (χ0v) is 9.89. The van der Waals surface area contributed by atoms with E-state index in [1.54, 1.807) is 12.4 Å². The van der Waals surface area contributed by atoms with Crippen molar-refractivity contribution in [2.75, 3.05) is 18.8 Å². The lowest BCUT2D eigenvalue weighted by Gasteiger charge is -2.31. The molecule has 0 amide bonds. The van der Waals surface area contributed by atoms with Crippen molar-refractivity contribution < 1.29 is 0 Å².